The fraction of sp³-hybridized carbons (Fsp3) is 0.462. The molecule has 2 aromatic rings. The van der Waals surface area contributed by atoms with Crippen LogP contribution in [0.5, 0.6) is 0 Å². The molecule has 0 radical (unpaired) electrons. The molecule has 6 heteroatoms. The maximum Gasteiger partial charge on any atom is 0.238 e. The van der Waals surface area contributed by atoms with E-state index in [-0.39, 0.29) is 5.91 Å². The molecule has 0 spiro atoms. The number of hydrogen-bond acceptors (Lipinski definition) is 5. The predicted molar refractivity (Wildman–Crippen MR) is 131 cm³/mol. The first kappa shape index (κ1) is 23.8. The van der Waals surface area contributed by atoms with E-state index in [4.69, 9.17) is 5.26 Å². The topological polar surface area (TPSA) is 62.6 Å². The lowest BCUT2D eigenvalue weighted by Crippen LogP contribution is -2.36. The lowest BCUT2D eigenvalue weighted by Gasteiger charge is -2.27. The van der Waals surface area contributed by atoms with Gasteiger partial charge in [0.05, 0.1) is 18.2 Å². The van der Waals surface area contributed by atoms with E-state index in [0.717, 1.165) is 51.4 Å². The Morgan fingerprint density at radius 3 is 2.31 bits per heavy atom. The summed E-state index contributed by atoms with van der Waals surface area (Å²) in [6, 6.07) is 18.5. The van der Waals surface area contributed by atoms with Crippen LogP contribution in [0.15, 0.2) is 48.5 Å². The van der Waals surface area contributed by atoms with Crippen molar-refractivity contribution < 1.29 is 4.79 Å². The van der Waals surface area contributed by atoms with Crippen LogP contribution in [-0.2, 0) is 11.3 Å². The van der Waals surface area contributed by atoms with Crippen LogP contribution in [0.1, 0.15) is 38.3 Å². The van der Waals surface area contributed by atoms with Crippen molar-refractivity contribution in [3.8, 4) is 6.07 Å². The van der Waals surface area contributed by atoms with Gasteiger partial charge < -0.3 is 10.2 Å². The van der Waals surface area contributed by atoms with E-state index in [1.165, 1.54) is 11.3 Å². The van der Waals surface area contributed by atoms with Gasteiger partial charge in [-0.2, -0.15) is 5.26 Å². The number of benzene rings is 2. The van der Waals surface area contributed by atoms with Crippen molar-refractivity contribution in [2.75, 3.05) is 49.5 Å². The molecule has 1 aliphatic heterocycles. The lowest BCUT2D eigenvalue weighted by molar-refractivity contribution is -0.117. The fourth-order valence-corrected chi connectivity index (χ4v) is 4.27. The third kappa shape index (κ3) is 6.81. The normalized spacial score (nSPS) is 15.2. The van der Waals surface area contributed by atoms with Crippen LogP contribution in [0.4, 0.5) is 11.4 Å². The molecule has 1 aliphatic rings. The second-order valence-corrected chi connectivity index (χ2v) is 8.69. The van der Waals surface area contributed by atoms with Crippen molar-refractivity contribution in [1.29, 1.82) is 5.26 Å². The van der Waals surface area contributed by atoms with E-state index in [1.54, 1.807) is 0 Å². The Morgan fingerprint density at radius 1 is 1.03 bits per heavy atom. The minimum atomic E-state index is 0.0366. The van der Waals surface area contributed by atoms with Crippen molar-refractivity contribution in [2.45, 2.75) is 39.8 Å². The van der Waals surface area contributed by atoms with Crippen molar-refractivity contribution >= 4 is 17.3 Å². The van der Waals surface area contributed by atoms with Gasteiger partial charge in [-0.05, 0) is 82.2 Å². The Kier molecular flexibility index (Phi) is 8.66. The van der Waals surface area contributed by atoms with Crippen molar-refractivity contribution in [1.82, 2.24) is 9.80 Å². The molecule has 2 aromatic carbocycles. The molecule has 0 aromatic heterocycles. The third-order valence-electron chi connectivity index (χ3n) is 5.98. The second kappa shape index (κ2) is 11.7. The van der Waals surface area contributed by atoms with E-state index in [1.807, 2.05) is 36.4 Å². The minimum Gasteiger partial charge on any atom is -0.369 e. The van der Waals surface area contributed by atoms with Crippen LogP contribution in [-0.4, -0.2) is 61.0 Å². The smallest absolute Gasteiger partial charge is 0.238 e. The maximum absolute atomic E-state index is 12.6. The molecule has 1 amide bonds. The molecular weight excluding hydrogens is 398 g/mol. The van der Waals surface area contributed by atoms with Crippen LogP contribution in [0.25, 0.3) is 0 Å². The van der Waals surface area contributed by atoms with E-state index in [2.05, 4.69) is 59.0 Å². The van der Waals surface area contributed by atoms with Gasteiger partial charge in [0.25, 0.3) is 0 Å². The summed E-state index contributed by atoms with van der Waals surface area (Å²) in [5.41, 5.74) is 3.93. The molecule has 1 fully saturated rings. The summed E-state index contributed by atoms with van der Waals surface area (Å²) in [6.07, 6.45) is 1.04. The Balaban J connectivity index is 1.46. The van der Waals surface area contributed by atoms with Crippen molar-refractivity contribution in [2.24, 2.45) is 0 Å². The first-order chi connectivity index (χ1) is 15.5. The van der Waals surface area contributed by atoms with Crippen LogP contribution in [0, 0.1) is 11.3 Å². The Labute approximate surface area is 192 Å². The van der Waals surface area contributed by atoms with Gasteiger partial charge in [-0.1, -0.05) is 12.1 Å². The Morgan fingerprint density at radius 2 is 1.69 bits per heavy atom. The molecule has 1 saturated heterocycles. The largest absolute Gasteiger partial charge is 0.369 e. The van der Waals surface area contributed by atoms with Crippen LogP contribution in [0.3, 0.4) is 0 Å². The monoisotopic (exact) mass is 433 g/mol. The molecule has 0 saturated carbocycles. The number of nitriles is 1. The average Bonchev–Trinajstić information content (AvgIpc) is 3.00. The SMILES string of the molecule is CCN(c1ccc(NC(=O)CN2CCCN(Cc3ccc(C#N)cc3)CC2)cc1)C(C)C. The van der Waals surface area contributed by atoms with Gasteiger partial charge >= 0.3 is 0 Å². The van der Waals surface area contributed by atoms with Crippen LogP contribution >= 0.6 is 0 Å². The fourth-order valence-electron chi connectivity index (χ4n) is 4.27. The minimum absolute atomic E-state index is 0.0366. The number of anilines is 2. The number of rotatable bonds is 8. The zero-order valence-electron chi connectivity index (χ0n) is 19.6. The average molecular weight is 434 g/mol. The number of hydrogen-bond donors (Lipinski definition) is 1. The molecular formula is C26H35N5O. The Hall–Kier alpha value is -2.88. The van der Waals surface area contributed by atoms with Gasteiger partial charge in [-0.25, -0.2) is 0 Å². The quantitative estimate of drug-likeness (QED) is 0.683. The van der Waals surface area contributed by atoms with E-state index in [9.17, 15) is 4.79 Å². The number of amides is 1. The van der Waals surface area contributed by atoms with Gasteiger partial charge in [0.2, 0.25) is 5.91 Å². The standard InChI is InChI=1S/C26H35N5O/c1-4-31(21(2)3)25-12-10-24(11-13-25)28-26(32)20-30-15-5-14-29(16-17-30)19-23-8-6-22(18-27)7-9-23/h6-13,21H,4-5,14-17,19-20H2,1-3H3,(H,28,32). The Bertz CT molecular complexity index is 901. The van der Waals surface area contributed by atoms with E-state index in [0.29, 0.717) is 18.2 Å². The van der Waals surface area contributed by atoms with Gasteiger partial charge in [0.15, 0.2) is 0 Å². The molecule has 3 rings (SSSR count). The van der Waals surface area contributed by atoms with Crippen LogP contribution in [0.2, 0.25) is 0 Å². The number of carbonyl (C=O) groups is 1. The predicted octanol–water partition coefficient (Wildman–Crippen LogP) is 3.94. The molecule has 0 aliphatic carbocycles. The van der Waals surface area contributed by atoms with Gasteiger partial charge in [0.1, 0.15) is 0 Å². The van der Waals surface area contributed by atoms with Gasteiger partial charge in [-0.15, -0.1) is 0 Å². The number of carbonyl (C=O) groups excluding carboxylic acids is 1. The summed E-state index contributed by atoms with van der Waals surface area (Å²) < 4.78 is 0. The first-order valence-corrected chi connectivity index (χ1v) is 11.6. The molecule has 6 nitrogen and oxygen atoms in total. The second-order valence-electron chi connectivity index (χ2n) is 8.69. The highest BCUT2D eigenvalue weighted by molar-refractivity contribution is 5.92. The van der Waals surface area contributed by atoms with Crippen molar-refractivity contribution in [3.63, 3.8) is 0 Å². The summed E-state index contributed by atoms with van der Waals surface area (Å²) >= 11 is 0. The van der Waals surface area contributed by atoms with Gasteiger partial charge in [-0.3, -0.25) is 14.6 Å². The van der Waals surface area contributed by atoms with Crippen molar-refractivity contribution in [3.05, 3.63) is 59.7 Å². The molecule has 170 valence electrons. The zero-order chi connectivity index (χ0) is 22.9. The summed E-state index contributed by atoms with van der Waals surface area (Å²) in [5.74, 6) is 0.0366. The van der Waals surface area contributed by atoms with E-state index >= 15 is 0 Å². The maximum atomic E-state index is 12.6. The summed E-state index contributed by atoms with van der Waals surface area (Å²) in [5, 5.41) is 12.0. The third-order valence-corrected chi connectivity index (χ3v) is 5.98. The number of nitrogens with one attached hydrogen (secondary N) is 1. The summed E-state index contributed by atoms with van der Waals surface area (Å²) in [7, 11) is 0. The molecule has 1 heterocycles. The highest BCUT2D eigenvalue weighted by atomic mass is 16.2. The molecule has 32 heavy (non-hydrogen) atoms. The van der Waals surface area contributed by atoms with Gasteiger partial charge in [0, 0.05) is 43.6 Å². The van der Waals surface area contributed by atoms with Crippen LogP contribution < -0.4 is 10.2 Å². The highest BCUT2D eigenvalue weighted by Gasteiger charge is 2.17. The number of nitrogens with zero attached hydrogens (tertiary/aromatic N) is 4. The molecule has 1 N–H and O–H groups in total. The lowest BCUT2D eigenvalue weighted by atomic mass is 10.1. The summed E-state index contributed by atoms with van der Waals surface area (Å²) in [6.45, 7) is 12.5. The molecule has 0 atom stereocenters. The first-order valence-electron chi connectivity index (χ1n) is 11.6. The summed E-state index contributed by atoms with van der Waals surface area (Å²) in [4.78, 5) is 19.6. The molecule has 0 unspecified atom stereocenters. The molecule has 0 bridgehead atoms. The zero-order valence-corrected chi connectivity index (χ0v) is 19.6. The highest BCUT2D eigenvalue weighted by Crippen LogP contribution is 2.20. The van der Waals surface area contributed by atoms with E-state index < -0.39 is 0 Å².